The zero-order chi connectivity index (χ0) is 64.8. The molecule has 0 aliphatic rings. The minimum atomic E-state index is -4.38. The number of nitrogens with one attached hydrogen (secondary N) is 1. The molecule has 3 N–H and O–H groups in total. The minimum Gasteiger partial charge on any atom is -0.387 e. The maximum Gasteiger partial charge on any atom is 0.472 e. The first-order chi connectivity index (χ1) is 43.5. The quantitative estimate of drug-likeness (QED) is 0.0243. The predicted molar refractivity (Wildman–Crippen MR) is 391 cm³/mol. The van der Waals surface area contributed by atoms with E-state index in [0.717, 1.165) is 135 Å². The molecule has 1 amide bonds. The van der Waals surface area contributed by atoms with Crippen LogP contribution in [0.4, 0.5) is 0 Å². The van der Waals surface area contributed by atoms with Gasteiger partial charge in [0.15, 0.2) is 0 Å². The van der Waals surface area contributed by atoms with Crippen molar-refractivity contribution >= 4 is 13.7 Å². The summed E-state index contributed by atoms with van der Waals surface area (Å²) in [5.74, 6) is -0.210. The molecule has 0 aromatic rings. The van der Waals surface area contributed by atoms with Gasteiger partial charge in [0.1, 0.15) is 13.2 Å². The summed E-state index contributed by atoms with van der Waals surface area (Å²) in [7, 11) is 1.52. The summed E-state index contributed by atoms with van der Waals surface area (Å²) >= 11 is 0. The van der Waals surface area contributed by atoms with Crippen LogP contribution in [0.1, 0.15) is 290 Å². The number of nitrogens with zero attached hydrogens (tertiary/aromatic N) is 1. The van der Waals surface area contributed by atoms with Gasteiger partial charge < -0.3 is 19.8 Å². The van der Waals surface area contributed by atoms with E-state index in [9.17, 15) is 19.4 Å². The van der Waals surface area contributed by atoms with Crippen molar-refractivity contribution in [2.75, 3.05) is 40.9 Å². The number of phosphoric acid groups is 1. The van der Waals surface area contributed by atoms with Crippen molar-refractivity contribution in [2.24, 2.45) is 0 Å². The molecule has 0 aliphatic heterocycles. The third-order valence-electron chi connectivity index (χ3n) is 15.5. The van der Waals surface area contributed by atoms with Crippen LogP contribution >= 0.6 is 7.82 Å². The summed E-state index contributed by atoms with van der Waals surface area (Å²) in [4.78, 5) is 23.4. The highest BCUT2D eigenvalue weighted by atomic mass is 31.2. The van der Waals surface area contributed by atoms with Crippen molar-refractivity contribution in [3.8, 4) is 0 Å². The van der Waals surface area contributed by atoms with Crippen LogP contribution in [-0.4, -0.2) is 73.4 Å². The maximum atomic E-state index is 13.1. The minimum absolute atomic E-state index is 0.0420. The molecule has 3 atom stereocenters. The summed E-state index contributed by atoms with van der Waals surface area (Å²) in [6, 6.07) is -0.892. The average Bonchev–Trinajstić information content (AvgIpc) is 3.57. The van der Waals surface area contributed by atoms with E-state index in [-0.39, 0.29) is 19.1 Å². The lowest BCUT2D eigenvalue weighted by Gasteiger charge is -2.25. The summed E-state index contributed by atoms with van der Waals surface area (Å²) < 4.78 is 23.8. The van der Waals surface area contributed by atoms with Crippen molar-refractivity contribution in [2.45, 2.75) is 302 Å². The number of carbonyl (C=O) groups is 1. The van der Waals surface area contributed by atoms with Crippen molar-refractivity contribution in [3.63, 3.8) is 0 Å². The molecule has 0 aliphatic carbocycles. The highest BCUT2D eigenvalue weighted by molar-refractivity contribution is 7.47. The Morgan fingerprint density at radius 3 is 1.03 bits per heavy atom. The van der Waals surface area contributed by atoms with E-state index >= 15 is 0 Å². The van der Waals surface area contributed by atoms with Gasteiger partial charge >= 0.3 is 7.82 Å². The van der Waals surface area contributed by atoms with Crippen LogP contribution in [-0.2, 0) is 18.4 Å². The Labute approximate surface area is 550 Å². The fourth-order valence-corrected chi connectivity index (χ4v) is 10.6. The monoisotopic (exact) mass is 1250 g/mol. The van der Waals surface area contributed by atoms with E-state index in [0.29, 0.717) is 17.4 Å². The van der Waals surface area contributed by atoms with E-state index in [2.05, 4.69) is 165 Å². The van der Waals surface area contributed by atoms with Crippen LogP contribution in [0.3, 0.4) is 0 Å². The maximum absolute atomic E-state index is 13.1. The summed E-state index contributed by atoms with van der Waals surface area (Å²) in [6.07, 6.45) is 107. The third kappa shape index (κ3) is 71.4. The van der Waals surface area contributed by atoms with Gasteiger partial charge in [-0.2, -0.15) is 0 Å². The van der Waals surface area contributed by atoms with Crippen LogP contribution in [0.15, 0.2) is 158 Å². The molecule has 8 nitrogen and oxygen atoms in total. The number of hydrogen-bond donors (Lipinski definition) is 3. The Bertz CT molecular complexity index is 2010. The number of aliphatic hydroxyl groups excluding tert-OH is 1. The number of likely N-dealkylation sites (N-methyl/N-ethyl adjacent to an activating group) is 1. The van der Waals surface area contributed by atoms with Crippen molar-refractivity contribution in [1.29, 1.82) is 0 Å². The molecule has 0 saturated carbocycles. The van der Waals surface area contributed by atoms with Gasteiger partial charge in [-0.1, -0.05) is 320 Å². The van der Waals surface area contributed by atoms with E-state index in [1.807, 2.05) is 27.2 Å². The largest absolute Gasteiger partial charge is 0.472 e. The highest BCUT2D eigenvalue weighted by Gasteiger charge is 2.28. The lowest BCUT2D eigenvalue weighted by molar-refractivity contribution is -0.870. The van der Waals surface area contributed by atoms with Crippen molar-refractivity contribution in [1.82, 2.24) is 5.32 Å². The number of phosphoric ester groups is 1. The first kappa shape index (κ1) is 85.1. The molecule has 0 spiro atoms. The molecule has 0 aromatic heterocycles. The second-order valence-electron chi connectivity index (χ2n) is 25.2. The Hall–Kier alpha value is -3.88. The second-order valence-corrected chi connectivity index (χ2v) is 26.7. The van der Waals surface area contributed by atoms with Gasteiger partial charge in [-0.05, 0) is 122 Å². The predicted octanol–water partition coefficient (Wildman–Crippen LogP) is 23.7. The molecule has 0 heterocycles. The van der Waals surface area contributed by atoms with Crippen molar-refractivity contribution < 1.29 is 32.9 Å². The van der Waals surface area contributed by atoms with Crippen LogP contribution < -0.4 is 5.32 Å². The third-order valence-corrected chi connectivity index (χ3v) is 16.4. The number of quaternary nitrogens is 1. The summed E-state index contributed by atoms with van der Waals surface area (Å²) in [6.45, 7) is 4.67. The van der Waals surface area contributed by atoms with Crippen LogP contribution in [0, 0.1) is 0 Å². The molecule has 0 saturated heterocycles. The van der Waals surface area contributed by atoms with Crippen LogP contribution in [0.25, 0.3) is 0 Å². The summed E-state index contributed by atoms with van der Waals surface area (Å²) in [5.41, 5.74) is 0. The van der Waals surface area contributed by atoms with Gasteiger partial charge in [-0.15, -0.1) is 0 Å². The second kappa shape index (κ2) is 68.5. The normalized spacial score (nSPS) is 14.6. The van der Waals surface area contributed by atoms with Gasteiger partial charge in [0.25, 0.3) is 0 Å². The number of amides is 1. The molecule has 89 heavy (non-hydrogen) atoms. The number of allylic oxidation sites excluding steroid dienone is 25. The summed E-state index contributed by atoms with van der Waals surface area (Å²) in [5, 5.41) is 14.0. The van der Waals surface area contributed by atoms with E-state index in [1.165, 1.54) is 135 Å². The molecular weight excluding hydrogens is 1120 g/mol. The number of rotatable bonds is 65. The van der Waals surface area contributed by atoms with Gasteiger partial charge in [0.05, 0.1) is 39.9 Å². The molecule has 0 radical (unpaired) electrons. The molecule has 0 bridgehead atoms. The number of hydrogen-bond acceptors (Lipinski definition) is 5. The standard InChI is InChI=1S/C80H137N2O6P/c1-6-8-10-12-14-16-18-20-22-24-26-28-30-32-34-36-38-39-40-41-42-43-44-46-48-50-52-54-56-58-60-62-64-66-68-70-72-74-80(84)81-78(77-88-89(85,86)87-76-75-82(3,4)5)79(83)73-71-69-67-65-63-61-59-57-55-53-51-49-47-45-37-35-33-31-29-27-25-23-21-19-17-15-13-11-9-7-2/h8,10,14,16,20,22,26,28,32,34,38-39,41-42,44,46,50,52,55-58,63,65,71,73,78-79,83H,6-7,9,11-13,15,17-19,21,23-25,27,29-31,33,35-37,40,43,45,47-49,51,53-54,59-62,64,66-70,72,74-77H2,1-5H3,(H-,81,84,85,86)/p+1/b10-8-,16-14-,22-20-,28-26-,34-32-,39-38-,42-41-,46-44-,52-50-,57-55+,58-56-,65-63+,73-71+. The molecule has 0 aromatic carbocycles. The van der Waals surface area contributed by atoms with Gasteiger partial charge in [-0.3, -0.25) is 13.8 Å². The number of carbonyl (C=O) groups excluding carboxylic acids is 1. The molecule has 0 fully saturated rings. The molecular formula is C80H138N2O6P+. The van der Waals surface area contributed by atoms with E-state index in [4.69, 9.17) is 9.05 Å². The zero-order valence-electron chi connectivity index (χ0n) is 58.1. The molecule has 0 rings (SSSR count). The highest BCUT2D eigenvalue weighted by Crippen LogP contribution is 2.43. The lowest BCUT2D eigenvalue weighted by Crippen LogP contribution is -2.45. The molecule has 508 valence electrons. The van der Waals surface area contributed by atoms with E-state index in [1.54, 1.807) is 6.08 Å². The fraction of sp³-hybridized carbons (Fsp3) is 0.662. The Morgan fingerprint density at radius 1 is 0.393 bits per heavy atom. The zero-order valence-corrected chi connectivity index (χ0v) is 59.0. The van der Waals surface area contributed by atoms with Gasteiger partial charge in [0.2, 0.25) is 5.91 Å². The van der Waals surface area contributed by atoms with Crippen LogP contribution in [0.5, 0.6) is 0 Å². The topological polar surface area (TPSA) is 105 Å². The molecule has 3 unspecified atom stereocenters. The Kier molecular flexibility index (Phi) is 65.5. The first-order valence-electron chi connectivity index (χ1n) is 36.4. The van der Waals surface area contributed by atoms with Crippen molar-refractivity contribution in [3.05, 3.63) is 158 Å². The SMILES string of the molecule is CC/C=C\C/C=C\C/C=C\C/C=C\C/C=C\C/C=C\C/C=C\C/C=C\C/C=C\C/C=C\CCCCCCCCC(=O)NC(COP(=O)(O)OCC[N+](C)(C)C)C(O)/C=C/CC/C=C/CC/C=C/CCCCCCCCCCCCCCCCCCCCCC. The van der Waals surface area contributed by atoms with E-state index < -0.39 is 20.0 Å². The average molecular weight is 1250 g/mol. The smallest absolute Gasteiger partial charge is 0.387 e. The Morgan fingerprint density at radius 2 is 0.685 bits per heavy atom. The van der Waals surface area contributed by atoms with Crippen LogP contribution in [0.2, 0.25) is 0 Å². The lowest BCUT2D eigenvalue weighted by atomic mass is 10.0. The number of unbranched alkanes of at least 4 members (excludes halogenated alkanes) is 28. The molecule has 9 heteroatoms. The Balaban J connectivity index is 4.23. The first-order valence-corrected chi connectivity index (χ1v) is 37.9. The van der Waals surface area contributed by atoms with Gasteiger partial charge in [-0.25, -0.2) is 4.57 Å². The number of aliphatic hydroxyl groups is 1. The van der Waals surface area contributed by atoms with Gasteiger partial charge in [0, 0.05) is 6.42 Å². The fourth-order valence-electron chi connectivity index (χ4n) is 9.87.